The van der Waals surface area contributed by atoms with Gasteiger partial charge < -0.3 is 20.3 Å². The third-order valence-electron chi connectivity index (χ3n) is 5.85. The second kappa shape index (κ2) is 10.4. The van der Waals surface area contributed by atoms with Crippen molar-refractivity contribution in [3.63, 3.8) is 0 Å². The lowest BCUT2D eigenvalue weighted by atomic mass is 10.0. The number of ketones is 1. The van der Waals surface area contributed by atoms with E-state index in [1.54, 1.807) is 12.3 Å². The molecular formula is C26H19F4N5O3. The van der Waals surface area contributed by atoms with Gasteiger partial charge in [-0.15, -0.1) is 0 Å². The van der Waals surface area contributed by atoms with E-state index in [-0.39, 0.29) is 11.4 Å². The maximum Gasteiger partial charge on any atom is 0.323 e. The lowest BCUT2D eigenvalue weighted by Gasteiger charge is -2.28. The standard InChI is InChI=1S/C26H19F4N5O3/c27-14-2-1-3-15(10-14)32-26(37)34-21-12-17(28)23(29)22(24(21)30)25(36)19-5-4-18-20(33-19)11-16(13-31-18)35-6-8-38-9-7-35/h1-5,10-13H,6-9H2,(H2,32,34,37). The van der Waals surface area contributed by atoms with Gasteiger partial charge in [-0.05, 0) is 36.4 Å². The van der Waals surface area contributed by atoms with Gasteiger partial charge in [0.05, 0.1) is 41.8 Å². The molecule has 0 atom stereocenters. The molecule has 2 amide bonds. The van der Waals surface area contributed by atoms with Crippen molar-refractivity contribution >= 4 is 39.9 Å². The Hall–Kier alpha value is -4.58. The number of amides is 2. The van der Waals surface area contributed by atoms with Crippen LogP contribution >= 0.6 is 0 Å². The smallest absolute Gasteiger partial charge is 0.323 e. The summed E-state index contributed by atoms with van der Waals surface area (Å²) in [5, 5.41) is 4.25. The molecule has 1 fully saturated rings. The SMILES string of the molecule is O=C(Nc1cccc(F)c1)Nc1cc(F)c(F)c(C(=O)c2ccc3ncc(N4CCOCC4)cc3n2)c1F. The zero-order valence-electron chi connectivity index (χ0n) is 19.6. The molecule has 2 N–H and O–H groups in total. The average molecular weight is 525 g/mol. The number of urea groups is 1. The number of carbonyl (C=O) groups is 2. The number of pyridine rings is 2. The number of hydrogen-bond acceptors (Lipinski definition) is 6. The molecule has 1 aliphatic heterocycles. The maximum absolute atomic E-state index is 15.2. The van der Waals surface area contributed by atoms with Crippen LogP contribution in [0.2, 0.25) is 0 Å². The third kappa shape index (κ3) is 5.11. The first-order chi connectivity index (χ1) is 18.3. The van der Waals surface area contributed by atoms with Crippen LogP contribution in [0, 0.1) is 23.3 Å². The predicted octanol–water partition coefficient (Wildman–Crippen LogP) is 4.90. The fourth-order valence-corrected chi connectivity index (χ4v) is 3.99. The van der Waals surface area contributed by atoms with E-state index in [1.165, 1.54) is 24.3 Å². The van der Waals surface area contributed by atoms with Crippen molar-refractivity contribution in [2.24, 2.45) is 0 Å². The molecule has 0 bridgehead atoms. The third-order valence-corrected chi connectivity index (χ3v) is 5.85. The molecule has 1 aliphatic rings. The summed E-state index contributed by atoms with van der Waals surface area (Å²) in [6.07, 6.45) is 1.65. The number of halogens is 4. The summed E-state index contributed by atoms with van der Waals surface area (Å²) in [6.45, 7) is 2.35. The molecule has 3 heterocycles. The van der Waals surface area contributed by atoms with Gasteiger partial charge in [0.15, 0.2) is 17.5 Å². The molecular weight excluding hydrogens is 506 g/mol. The topological polar surface area (TPSA) is 96.5 Å². The number of carbonyl (C=O) groups excluding carboxylic acids is 2. The van der Waals surface area contributed by atoms with E-state index in [1.807, 2.05) is 10.2 Å². The molecule has 0 radical (unpaired) electrons. The molecule has 5 rings (SSSR count). The molecule has 38 heavy (non-hydrogen) atoms. The van der Waals surface area contributed by atoms with Gasteiger partial charge >= 0.3 is 6.03 Å². The van der Waals surface area contributed by atoms with Crippen LogP contribution in [0.25, 0.3) is 11.0 Å². The number of nitrogens with zero attached hydrogens (tertiary/aromatic N) is 3. The average Bonchev–Trinajstić information content (AvgIpc) is 2.91. The van der Waals surface area contributed by atoms with E-state index >= 15 is 4.39 Å². The number of morpholine rings is 1. The minimum absolute atomic E-state index is 0.0345. The molecule has 4 aromatic rings. The zero-order valence-corrected chi connectivity index (χ0v) is 19.6. The maximum atomic E-state index is 15.2. The predicted molar refractivity (Wildman–Crippen MR) is 131 cm³/mol. The number of fused-ring (bicyclic) bond motifs is 1. The number of ether oxygens (including phenoxy) is 1. The first-order valence-electron chi connectivity index (χ1n) is 11.5. The second-order valence-corrected chi connectivity index (χ2v) is 8.36. The van der Waals surface area contributed by atoms with E-state index < -0.39 is 46.3 Å². The minimum atomic E-state index is -1.73. The zero-order chi connectivity index (χ0) is 26.8. The monoisotopic (exact) mass is 525 g/mol. The summed E-state index contributed by atoms with van der Waals surface area (Å²) in [5.74, 6) is -6.65. The Balaban J connectivity index is 1.44. The van der Waals surface area contributed by atoms with Crippen LogP contribution in [0.4, 0.5) is 39.4 Å². The van der Waals surface area contributed by atoms with Gasteiger partial charge in [0.1, 0.15) is 17.1 Å². The second-order valence-electron chi connectivity index (χ2n) is 8.36. The van der Waals surface area contributed by atoms with Crippen molar-refractivity contribution in [3.05, 3.63) is 89.3 Å². The molecule has 0 saturated carbocycles. The minimum Gasteiger partial charge on any atom is -0.378 e. The van der Waals surface area contributed by atoms with E-state index in [2.05, 4.69) is 15.3 Å². The van der Waals surface area contributed by atoms with Gasteiger partial charge in [0.2, 0.25) is 5.78 Å². The largest absolute Gasteiger partial charge is 0.378 e. The van der Waals surface area contributed by atoms with Gasteiger partial charge in [0, 0.05) is 24.8 Å². The number of benzene rings is 2. The van der Waals surface area contributed by atoms with Crippen molar-refractivity contribution in [2.45, 2.75) is 0 Å². The van der Waals surface area contributed by atoms with Crippen molar-refractivity contribution in [2.75, 3.05) is 41.8 Å². The van der Waals surface area contributed by atoms with Crippen LogP contribution in [-0.2, 0) is 4.74 Å². The highest BCUT2D eigenvalue weighted by atomic mass is 19.2. The Morgan fingerprint density at radius 3 is 2.45 bits per heavy atom. The number of rotatable bonds is 5. The van der Waals surface area contributed by atoms with Crippen molar-refractivity contribution in [1.29, 1.82) is 0 Å². The lowest BCUT2D eigenvalue weighted by molar-refractivity contribution is 0.102. The van der Waals surface area contributed by atoms with E-state index in [9.17, 15) is 22.8 Å². The fraction of sp³-hybridized carbons (Fsp3) is 0.154. The van der Waals surface area contributed by atoms with Gasteiger partial charge in [-0.1, -0.05) is 6.07 Å². The van der Waals surface area contributed by atoms with Crippen LogP contribution in [0.15, 0.2) is 54.7 Å². The molecule has 0 spiro atoms. The highest BCUT2D eigenvalue weighted by Gasteiger charge is 2.27. The van der Waals surface area contributed by atoms with E-state index in [0.29, 0.717) is 43.4 Å². The number of nitrogens with one attached hydrogen (secondary N) is 2. The lowest BCUT2D eigenvalue weighted by Crippen LogP contribution is -2.36. The molecule has 0 aliphatic carbocycles. The molecule has 2 aromatic heterocycles. The summed E-state index contributed by atoms with van der Waals surface area (Å²) >= 11 is 0. The Morgan fingerprint density at radius 2 is 1.68 bits per heavy atom. The summed E-state index contributed by atoms with van der Waals surface area (Å²) in [4.78, 5) is 35.9. The molecule has 8 nitrogen and oxygen atoms in total. The number of aromatic nitrogens is 2. The van der Waals surface area contributed by atoms with Crippen molar-refractivity contribution in [1.82, 2.24) is 9.97 Å². The fourth-order valence-electron chi connectivity index (χ4n) is 3.99. The van der Waals surface area contributed by atoms with Gasteiger partial charge in [-0.2, -0.15) is 0 Å². The first kappa shape index (κ1) is 25.1. The Bertz CT molecular complexity index is 1560. The quantitative estimate of drug-likeness (QED) is 0.219. The molecule has 194 valence electrons. The van der Waals surface area contributed by atoms with Gasteiger partial charge in [-0.3, -0.25) is 9.78 Å². The Kier molecular flexibility index (Phi) is 6.88. The molecule has 2 aromatic carbocycles. The summed E-state index contributed by atoms with van der Waals surface area (Å²) in [5.41, 5.74) is -0.866. The normalized spacial score (nSPS) is 13.4. The van der Waals surface area contributed by atoms with Crippen molar-refractivity contribution in [3.8, 4) is 0 Å². The number of anilines is 3. The summed E-state index contributed by atoms with van der Waals surface area (Å²) in [6, 6.07) is 8.55. The van der Waals surface area contributed by atoms with Crippen LogP contribution in [0.5, 0.6) is 0 Å². The van der Waals surface area contributed by atoms with Crippen molar-refractivity contribution < 1.29 is 31.9 Å². The highest BCUT2D eigenvalue weighted by Crippen LogP contribution is 2.27. The van der Waals surface area contributed by atoms with E-state index in [0.717, 1.165) is 17.8 Å². The number of hydrogen-bond donors (Lipinski definition) is 2. The van der Waals surface area contributed by atoms with Crippen LogP contribution in [0.1, 0.15) is 16.1 Å². The highest BCUT2D eigenvalue weighted by molar-refractivity contribution is 6.10. The molecule has 12 heteroatoms. The summed E-state index contributed by atoms with van der Waals surface area (Å²) in [7, 11) is 0. The van der Waals surface area contributed by atoms with Gasteiger partial charge in [-0.25, -0.2) is 27.3 Å². The van der Waals surface area contributed by atoms with Crippen LogP contribution in [-0.4, -0.2) is 48.1 Å². The first-order valence-corrected chi connectivity index (χ1v) is 11.5. The molecule has 0 unspecified atom stereocenters. The van der Waals surface area contributed by atoms with Crippen LogP contribution < -0.4 is 15.5 Å². The molecule has 1 saturated heterocycles. The Labute approximate surface area is 213 Å². The summed E-state index contributed by atoms with van der Waals surface area (Å²) < 4.78 is 63.0. The van der Waals surface area contributed by atoms with Crippen LogP contribution in [0.3, 0.4) is 0 Å². The van der Waals surface area contributed by atoms with Gasteiger partial charge in [0.25, 0.3) is 0 Å². The Morgan fingerprint density at radius 1 is 0.895 bits per heavy atom. The van der Waals surface area contributed by atoms with E-state index in [4.69, 9.17) is 4.74 Å².